The number of amides is 1. The highest BCUT2D eigenvalue weighted by Crippen LogP contribution is 2.20. The minimum atomic E-state index is -0.247. The van der Waals surface area contributed by atoms with Gasteiger partial charge in [-0.05, 0) is 22.9 Å². The van der Waals surface area contributed by atoms with E-state index in [0.29, 0.717) is 0 Å². The zero-order valence-corrected chi connectivity index (χ0v) is 10.6. The summed E-state index contributed by atoms with van der Waals surface area (Å²) in [6, 6.07) is -0.247. The fraction of sp³-hybridized carbons (Fsp3) is 0.500. The smallest absolute Gasteiger partial charge is 0.244 e. The number of aromatic nitrogens is 1. The van der Waals surface area contributed by atoms with E-state index in [-0.39, 0.29) is 11.9 Å². The van der Waals surface area contributed by atoms with Crippen LogP contribution in [-0.2, 0) is 4.79 Å². The van der Waals surface area contributed by atoms with Crippen LogP contribution in [0.2, 0.25) is 0 Å². The van der Waals surface area contributed by atoms with Crippen molar-refractivity contribution in [2.24, 2.45) is 0 Å². The van der Waals surface area contributed by atoms with Crippen molar-refractivity contribution in [1.29, 1.82) is 0 Å². The minimum Gasteiger partial charge on any atom is -0.350 e. The number of thiazole rings is 1. The number of anilines is 1. The van der Waals surface area contributed by atoms with Crippen molar-refractivity contribution in [3.05, 3.63) is 9.98 Å². The molecule has 0 aliphatic rings. The highest BCUT2D eigenvalue weighted by molar-refractivity contribution is 9.10. The summed E-state index contributed by atoms with van der Waals surface area (Å²) >= 11 is 4.72. The Labute approximate surface area is 95.5 Å². The number of hydrogen-bond acceptors (Lipinski definition) is 4. The SMILES string of the molecule is CC(Nc1nc(Br)cs1)C(=O)N(C)C. The fourth-order valence-corrected chi connectivity index (χ4v) is 2.19. The van der Waals surface area contributed by atoms with Gasteiger partial charge in [-0.1, -0.05) is 0 Å². The first kappa shape index (κ1) is 11.5. The minimum absolute atomic E-state index is 0.0383. The lowest BCUT2D eigenvalue weighted by Gasteiger charge is -2.17. The molecule has 1 aromatic rings. The summed E-state index contributed by atoms with van der Waals surface area (Å²) in [5.41, 5.74) is 0. The van der Waals surface area contributed by atoms with Gasteiger partial charge in [0.1, 0.15) is 10.6 Å². The lowest BCUT2D eigenvalue weighted by atomic mass is 10.3. The summed E-state index contributed by atoms with van der Waals surface area (Å²) in [5, 5.41) is 5.65. The van der Waals surface area contributed by atoms with E-state index in [1.165, 1.54) is 11.3 Å². The molecule has 14 heavy (non-hydrogen) atoms. The summed E-state index contributed by atoms with van der Waals surface area (Å²) in [5.74, 6) is 0.0383. The Morgan fingerprint density at radius 3 is 2.79 bits per heavy atom. The van der Waals surface area contributed by atoms with Gasteiger partial charge in [0.25, 0.3) is 0 Å². The predicted molar refractivity (Wildman–Crippen MR) is 61.6 cm³/mol. The maximum Gasteiger partial charge on any atom is 0.244 e. The van der Waals surface area contributed by atoms with E-state index in [2.05, 4.69) is 26.2 Å². The number of likely N-dealkylation sites (N-methyl/N-ethyl adjacent to an activating group) is 1. The van der Waals surface area contributed by atoms with Crippen LogP contribution >= 0.6 is 27.3 Å². The van der Waals surface area contributed by atoms with E-state index in [4.69, 9.17) is 0 Å². The number of carbonyl (C=O) groups excluding carboxylic acids is 1. The Hall–Kier alpha value is -0.620. The quantitative estimate of drug-likeness (QED) is 0.917. The van der Waals surface area contributed by atoms with Gasteiger partial charge in [0, 0.05) is 19.5 Å². The maximum atomic E-state index is 11.5. The average molecular weight is 278 g/mol. The summed E-state index contributed by atoms with van der Waals surface area (Å²) in [7, 11) is 3.47. The second-order valence-corrected chi connectivity index (χ2v) is 4.74. The zero-order chi connectivity index (χ0) is 10.7. The molecule has 0 saturated heterocycles. The van der Waals surface area contributed by atoms with Crippen LogP contribution in [0, 0.1) is 0 Å². The third-order valence-corrected chi connectivity index (χ3v) is 3.11. The average Bonchev–Trinajstić information content (AvgIpc) is 2.49. The van der Waals surface area contributed by atoms with Gasteiger partial charge >= 0.3 is 0 Å². The molecule has 6 heteroatoms. The van der Waals surface area contributed by atoms with E-state index in [9.17, 15) is 4.79 Å². The third kappa shape index (κ3) is 2.95. The van der Waals surface area contributed by atoms with Gasteiger partial charge in [0.15, 0.2) is 5.13 Å². The molecule has 1 atom stereocenters. The van der Waals surface area contributed by atoms with E-state index in [1.807, 2.05) is 12.3 Å². The normalized spacial score (nSPS) is 12.3. The molecule has 0 aromatic carbocycles. The summed E-state index contributed by atoms with van der Waals surface area (Å²) in [6.07, 6.45) is 0. The first-order valence-corrected chi connectivity index (χ1v) is 5.76. The number of hydrogen-bond donors (Lipinski definition) is 1. The Morgan fingerprint density at radius 1 is 1.71 bits per heavy atom. The molecule has 0 aliphatic carbocycles. The van der Waals surface area contributed by atoms with Crippen molar-refractivity contribution in [1.82, 2.24) is 9.88 Å². The molecule has 1 rings (SSSR count). The monoisotopic (exact) mass is 277 g/mol. The van der Waals surface area contributed by atoms with Gasteiger partial charge in [-0.2, -0.15) is 0 Å². The Kier molecular flexibility index (Phi) is 3.88. The van der Waals surface area contributed by atoms with Gasteiger partial charge < -0.3 is 10.2 Å². The van der Waals surface area contributed by atoms with Gasteiger partial charge in [-0.3, -0.25) is 4.79 Å². The van der Waals surface area contributed by atoms with Crippen LogP contribution in [0.4, 0.5) is 5.13 Å². The van der Waals surface area contributed by atoms with Gasteiger partial charge in [-0.15, -0.1) is 11.3 Å². The van der Waals surface area contributed by atoms with Crippen LogP contribution in [0.15, 0.2) is 9.98 Å². The molecular weight excluding hydrogens is 266 g/mol. The first-order chi connectivity index (χ1) is 6.50. The molecule has 78 valence electrons. The van der Waals surface area contributed by atoms with Gasteiger partial charge in [-0.25, -0.2) is 4.98 Å². The van der Waals surface area contributed by atoms with Crippen molar-refractivity contribution >= 4 is 38.3 Å². The molecule has 0 saturated carbocycles. The largest absolute Gasteiger partial charge is 0.350 e. The number of nitrogens with one attached hydrogen (secondary N) is 1. The number of carbonyl (C=O) groups is 1. The topological polar surface area (TPSA) is 45.2 Å². The highest BCUT2D eigenvalue weighted by Gasteiger charge is 2.15. The summed E-state index contributed by atoms with van der Waals surface area (Å²) < 4.78 is 0.787. The molecular formula is C8H12BrN3OS. The zero-order valence-electron chi connectivity index (χ0n) is 8.24. The first-order valence-electron chi connectivity index (χ1n) is 4.09. The molecule has 4 nitrogen and oxygen atoms in total. The van der Waals surface area contributed by atoms with E-state index >= 15 is 0 Å². The molecule has 1 aromatic heterocycles. The molecule has 0 bridgehead atoms. The lowest BCUT2D eigenvalue weighted by molar-refractivity contribution is -0.129. The van der Waals surface area contributed by atoms with Crippen molar-refractivity contribution in [3.8, 4) is 0 Å². The predicted octanol–water partition coefficient (Wildman–Crippen LogP) is 1.79. The third-order valence-electron chi connectivity index (χ3n) is 1.63. The van der Waals surface area contributed by atoms with Crippen LogP contribution < -0.4 is 5.32 Å². The van der Waals surface area contributed by atoms with Crippen LogP contribution in [0.3, 0.4) is 0 Å². The maximum absolute atomic E-state index is 11.5. The van der Waals surface area contributed by atoms with Crippen LogP contribution in [0.1, 0.15) is 6.92 Å². The van der Waals surface area contributed by atoms with Crippen molar-refractivity contribution in [3.63, 3.8) is 0 Å². The molecule has 0 radical (unpaired) electrons. The summed E-state index contributed by atoms with van der Waals surface area (Å²) in [4.78, 5) is 17.2. The van der Waals surface area contributed by atoms with E-state index in [0.717, 1.165) is 9.73 Å². The van der Waals surface area contributed by atoms with Crippen LogP contribution in [0.25, 0.3) is 0 Å². The standard InChI is InChI=1S/C8H12BrN3OS/c1-5(7(13)12(2)3)10-8-11-6(9)4-14-8/h4-5H,1-3H3,(H,10,11). The summed E-state index contributed by atoms with van der Waals surface area (Å²) in [6.45, 7) is 1.82. The number of nitrogens with zero attached hydrogens (tertiary/aromatic N) is 2. The number of rotatable bonds is 3. The molecule has 0 fully saturated rings. The number of halogens is 1. The van der Waals surface area contributed by atoms with E-state index in [1.54, 1.807) is 19.0 Å². The Morgan fingerprint density at radius 2 is 2.36 bits per heavy atom. The Balaban J connectivity index is 2.57. The Bertz CT molecular complexity index is 326. The van der Waals surface area contributed by atoms with E-state index < -0.39 is 0 Å². The second-order valence-electron chi connectivity index (χ2n) is 3.07. The second kappa shape index (κ2) is 4.75. The molecule has 0 spiro atoms. The van der Waals surface area contributed by atoms with Gasteiger partial charge in [0.05, 0.1) is 0 Å². The van der Waals surface area contributed by atoms with Crippen molar-refractivity contribution in [2.75, 3.05) is 19.4 Å². The molecule has 1 amide bonds. The van der Waals surface area contributed by atoms with Crippen LogP contribution in [0.5, 0.6) is 0 Å². The van der Waals surface area contributed by atoms with Crippen molar-refractivity contribution in [2.45, 2.75) is 13.0 Å². The molecule has 1 N–H and O–H groups in total. The fourth-order valence-electron chi connectivity index (χ4n) is 0.955. The molecule has 1 unspecified atom stereocenters. The van der Waals surface area contributed by atoms with Crippen LogP contribution in [-0.4, -0.2) is 35.9 Å². The lowest BCUT2D eigenvalue weighted by Crippen LogP contribution is -2.36. The molecule has 0 aliphatic heterocycles. The van der Waals surface area contributed by atoms with Crippen molar-refractivity contribution < 1.29 is 4.79 Å². The molecule has 1 heterocycles. The highest BCUT2D eigenvalue weighted by atomic mass is 79.9. The van der Waals surface area contributed by atoms with Gasteiger partial charge in [0.2, 0.25) is 5.91 Å².